The van der Waals surface area contributed by atoms with Gasteiger partial charge in [-0.25, -0.2) is 0 Å². The molecule has 0 saturated carbocycles. The number of rotatable bonds is 5. The predicted octanol–water partition coefficient (Wildman–Crippen LogP) is 5.13. The Bertz CT molecular complexity index is 523. The minimum atomic E-state index is 0.167. The zero-order chi connectivity index (χ0) is 14.6. The third kappa shape index (κ3) is 3.50. The maximum atomic E-state index is 3.71. The molecule has 0 bridgehead atoms. The Kier molecular flexibility index (Phi) is 5.00. The third-order valence-electron chi connectivity index (χ3n) is 3.51. The molecule has 0 radical (unpaired) electrons. The molecule has 0 aliphatic rings. The molecule has 20 heavy (non-hydrogen) atoms. The van der Waals surface area contributed by atoms with Crippen LogP contribution in [0.3, 0.4) is 0 Å². The van der Waals surface area contributed by atoms with E-state index in [-0.39, 0.29) is 5.41 Å². The molecule has 0 aliphatic carbocycles. The van der Waals surface area contributed by atoms with E-state index in [2.05, 4.69) is 74.8 Å². The Morgan fingerprint density at radius 3 is 2.45 bits per heavy atom. The highest BCUT2D eigenvalue weighted by atomic mass is 32.1. The second-order valence-electron chi connectivity index (χ2n) is 6.24. The van der Waals surface area contributed by atoms with E-state index in [1.54, 1.807) is 0 Å². The number of nitrogens with one attached hydrogen (secondary N) is 1. The average Bonchev–Trinajstić information content (AvgIpc) is 2.92. The van der Waals surface area contributed by atoms with Crippen molar-refractivity contribution < 1.29 is 0 Å². The summed E-state index contributed by atoms with van der Waals surface area (Å²) in [6.45, 7) is 10.1. The molecule has 1 atom stereocenters. The number of thiophene rings is 1. The standard InChI is InChI=1S/C18H25NS/c1-5-12-19-17(16-11-8-13-20-16)14-9-6-7-10-15(14)18(2,3)4/h6-11,13,17,19H,5,12H2,1-4H3. The summed E-state index contributed by atoms with van der Waals surface area (Å²) < 4.78 is 0. The summed E-state index contributed by atoms with van der Waals surface area (Å²) in [5.41, 5.74) is 3.01. The summed E-state index contributed by atoms with van der Waals surface area (Å²) in [7, 11) is 0. The van der Waals surface area contributed by atoms with E-state index in [1.165, 1.54) is 16.0 Å². The first kappa shape index (κ1) is 15.3. The van der Waals surface area contributed by atoms with E-state index in [1.807, 2.05) is 11.3 Å². The van der Waals surface area contributed by atoms with Crippen LogP contribution in [0.25, 0.3) is 0 Å². The van der Waals surface area contributed by atoms with Crippen molar-refractivity contribution in [1.82, 2.24) is 5.32 Å². The lowest BCUT2D eigenvalue weighted by atomic mass is 9.81. The minimum Gasteiger partial charge on any atom is -0.306 e. The van der Waals surface area contributed by atoms with E-state index in [0.717, 1.165) is 13.0 Å². The van der Waals surface area contributed by atoms with E-state index in [4.69, 9.17) is 0 Å². The van der Waals surface area contributed by atoms with Gasteiger partial charge in [0.2, 0.25) is 0 Å². The van der Waals surface area contributed by atoms with Crippen molar-refractivity contribution in [3.8, 4) is 0 Å². The van der Waals surface area contributed by atoms with Crippen LogP contribution >= 0.6 is 11.3 Å². The zero-order valence-electron chi connectivity index (χ0n) is 12.9. The SMILES string of the molecule is CCCNC(c1cccs1)c1ccccc1C(C)(C)C. The molecule has 2 aromatic rings. The summed E-state index contributed by atoms with van der Waals surface area (Å²) in [5.74, 6) is 0. The van der Waals surface area contributed by atoms with Crippen molar-refractivity contribution in [2.75, 3.05) is 6.54 Å². The fraction of sp³-hybridized carbons (Fsp3) is 0.444. The van der Waals surface area contributed by atoms with Crippen LogP contribution < -0.4 is 5.32 Å². The Balaban J connectivity index is 2.44. The Morgan fingerprint density at radius 1 is 1.10 bits per heavy atom. The van der Waals surface area contributed by atoms with Gasteiger partial charge in [-0.2, -0.15) is 0 Å². The van der Waals surface area contributed by atoms with Gasteiger partial charge in [-0.15, -0.1) is 11.3 Å². The van der Waals surface area contributed by atoms with Gasteiger partial charge >= 0.3 is 0 Å². The van der Waals surface area contributed by atoms with Gasteiger partial charge in [0.1, 0.15) is 0 Å². The molecule has 1 aromatic heterocycles. The van der Waals surface area contributed by atoms with Gasteiger partial charge in [-0.1, -0.05) is 58.0 Å². The second-order valence-corrected chi connectivity index (χ2v) is 7.22. The smallest absolute Gasteiger partial charge is 0.0673 e. The zero-order valence-corrected chi connectivity index (χ0v) is 13.8. The van der Waals surface area contributed by atoms with Gasteiger partial charge in [-0.05, 0) is 41.0 Å². The Morgan fingerprint density at radius 2 is 1.85 bits per heavy atom. The molecule has 0 spiro atoms. The van der Waals surface area contributed by atoms with Crippen LogP contribution in [-0.4, -0.2) is 6.54 Å². The summed E-state index contributed by atoms with van der Waals surface area (Å²) in [6, 6.07) is 13.5. The van der Waals surface area contributed by atoms with Gasteiger partial charge < -0.3 is 5.32 Å². The highest BCUT2D eigenvalue weighted by Gasteiger charge is 2.23. The molecule has 1 aromatic carbocycles. The van der Waals surface area contributed by atoms with Crippen molar-refractivity contribution >= 4 is 11.3 Å². The number of hydrogen-bond acceptors (Lipinski definition) is 2. The molecular formula is C18H25NS. The largest absolute Gasteiger partial charge is 0.306 e. The Labute approximate surface area is 127 Å². The van der Waals surface area contributed by atoms with Gasteiger partial charge in [-0.3, -0.25) is 0 Å². The average molecular weight is 287 g/mol. The van der Waals surface area contributed by atoms with Crippen LogP contribution in [0.4, 0.5) is 0 Å². The maximum absolute atomic E-state index is 3.71. The number of benzene rings is 1. The normalized spacial score (nSPS) is 13.4. The molecule has 0 fully saturated rings. The first-order chi connectivity index (χ1) is 9.54. The van der Waals surface area contributed by atoms with Crippen LogP contribution in [0.2, 0.25) is 0 Å². The van der Waals surface area contributed by atoms with Crippen molar-refractivity contribution in [2.45, 2.75) is 45.6 Å². The predicted molar refractivity (Wildman–Crippen MR) is 89.6 cm³/mol. The first-order valence-electron chi connectivity index (χ1n) is 7.40. The molecule has 0 amide bonds. The quantitative estimate of drug-likeness (QED) is 0.803. The van der Waals surface area contributed by atoms with Crippen molar-refractivity contribution in [3.63, 3.8) is 0 Å². The highest BCUT2D eigenvalue weighted by Crippen LogP contribution is 2.34. The van der Waals surface area contributed by atoms with Crippen molar-refractivity contribution in [1.29, 1.82) is 0 Å². The highest BCUT2D eigenvalue weighted by molar-refractivity contribution is 7.10. The van der Waals surface area contributed by atoms with Crippen LogP contribution in [0.1, 0.15) is 56.2 Å². The molecule has 2 rings (SSSR count). The molecule has 0 saturated heterocycles. The second kappa shape index (κ2) is 6.55. The van der Waals surface area contributed by atoms with E-state index in [9.17, 15) is 0 Å². The van der Waals surface area contributed by atoms with Crippen LogP contribution in [0.15, 0.2) is 41.8 Å². The van der Waals surface area contributed by atoms with Gasteiger partial charge in [0.25, 0.3) is 0 Å². The molecule has 0 aliphatic heterocycles. The van der Waals surface area contributed by atoms with E-state index < -0.39 is 0 Å². The summed E-state index contributed by atoms with van der Waals surface area (Å²) in [4.78, 5) is 1.40. The monoisotopic (exact) mass is 287 g/mol. The van der Waals surface area contributed by atoms with Crippen LogP contribution in [0, 0.1) is 0 Å². The fourth-order valence-corrected chi connectivity index (χ4v) is 3.36. The lowest BCUT2D eigenvalue weighted by Gasteiger charge is -2.27. The van der Waals surface area contributed by atoms with Crippen LogP contribution in [-0.2, 0) is 5.41 Å². The lowest BCUT2D eigenvalue weighted by molar-refractivity contribution is 0.551. The summed E-state index contributed by atoms with van der Waals surface area (Å²) in [6.07, 6.45) is 1.15. The Hall–Kier alpha value is -1.12. The van der Waals surface area contributed by atoms with Crippen molar-refractivity contribution in [2.24, 2.45) is 0 Å². The van der Waals surface area contributed by atoms with Crippen LogP contribution in [0.5, 0.6) is 0 Å². The topological polar surface area (TPSA) is 12.0 Å². The van der Waals surface area contributed by atoms with Gasteiger partial charge in [0, 0.05) is 4.88 Å². The molecule has 1 unspecified atom stereocenters. The summed E-state index contributed by atoms with van der Waals surface area (Å²) >= 11 is 1.83. The molecule has 1 nitrogen and oxygen atoms in total. The maximum Gasteiger partial charge on any atom is 0.0673 e. The molecule has 1 N–H and O–H groups in total. The summed E-state index contributed by atoms with van der Waals surface area (Å²) in [5, 5.41) is 5.87. The lowest BCUT2D eigenvalue weighted by Crippen LogP contribution is -2.26. The third-order valence-corrected chi connectivity index (χ3v) is 4.44. The molecule has 2 heteroatoms. The first-order valence-corrected chi connectivity index (χ1v) is 8.28. The fourth-order valence-electron chi connectivity index (χ4n) is 2.54. The van der Waals surface area contributed by atoms with E-state index >= 15 is 0 Å². The van der Waals surface area contributed by atoms with Gasteiger partial charge in [0.05, 0.1) is 6.04 Å². The minimum absolute atomic E-state index is 0.167. The van der Waals surface area contributed by atoms with Crippen molar-refractivity contribution in [3.05, 3.63) is 57.8 Å². The molecule has 1 heterocycles. The van der Waals surface area contributed by atoms with Gasteiger partial charge in [0.15, 0.2) is 0 Å². The van der Waals surface area contributed by atoms with E-state index in [0.29, 0.717) is 6.04 Å². The molecule has 108 valence electrons. The molecular weight excluding hydrogens is 262 g/mol. The number of hydrogen-bond donors (Lipinski definition) is 1.